The fourth-order valence-corrected chi connectivity index (χ4v) is 1.41. The quantitative estimate of drug-likeness (QED) is 0.666. The Labute approximate surface area is 86.3 Å². The third kappa shape index (κ3) is 2.88. The van der Waals surface area contributed by atoms with Crippen molar-refractivity contribution in [3.05, 3.63) is 46.4 Å². The van der Waals surface area contributed by atoms with Crippen LogP contribution in [-0.4, -0.2) is 0 Å². The molecule has 0 bridgehead atoms. The normalized spacial score (nSPS) is 14.2. The van der Waals surface area contributed by atoms with Gasteiger partial charge < -0.3 is 0 Å². The summed E-state index contributed by atoms with van der Waals surface area (Å²) in [6, 6.07) is 6.53. The molecule has 74 valence electrons. The molecular formula is C14H18. The summed E-state index contributed by atoms with van der Waals surface area (Å²) in [5.41, 5.74) is 1.31. The van der Waals surface area contributed by atoms with Crippen molar-refractivity contribution in [2.75, 3.05) is 0 Å². The van der Waals surface area contributed by atoms with Gasteiger partial charge in [0.2, 0.25) is 0 Å². The first kappa shape index (κ1) is 10.8. The van der Waals surface area contributed by atoms with Crippen LogP contribution in [0.4, 0.5) is 0 Å². The molecule has 0 N–H and O–H groups in total. The molecule has 0 fully saturated rings. The van der Waals surface area contributed by atoms with Gasteiger partial charge in [0, 0.05) is 0 Å². The topological polar surface area (TPSA) is 0 Å². The van der Waals surface area contributed by atoms with Gasteiger partial charge >= 0.3 is 0 Å². The van der Waals surface area contributed by atoms with Crippen molar-refractivity contribution in [1.82, 2.24) is 0 Å². The standard InChI is InChI=1S/C14H18/c1-4-6-7-8-14-11-12(3)9-10-13(14)5-2/h5-11H,4H2,1-3H3/b7-6+,13-5-,14-8-. The Morgan fingerprint density at radius 1 is 1.21 bits per heavy atom. The average molecular weight is 186 g/mol. The molecule has 0 aliphatic carbocycles. The lowest BCUT2D eigenvalue weighted by atomic mass is 10.1. The van der Waals surface area contributed by atoms with Crippen LogP contribution in [0.25, 0.3) is 12.2 Å². The summed E-state index contributed by atoms with van der Waals surface area (Å²) in [7, 11) is 0. The van der Waals surface area contributed by atoms with Gasteiger partial charge in [0.25, 0.3) is 0 Å². The number of aryl methyl sites for hydroxylation is 1. The van der Waals surface area contributed by atoms with Crippen molar-refractivity contribution in [3.63, 3.8) is 0 Å². The molecule has 0 aromatic heterocycles. The highest BCUT2D eigenvalue weighted by atomic mass is 13.9. The molecule has 0 heterocycles. The summed E-state index contributed by atoms with van der Waals surface area (Å²) < 4.78 is 0. The zero-order chi connectivity index (χ0) is 10.4. The highest BCUT2D eigenvalue weighted by Gasteiger charge is 1.84. The van der Waals surface area contributed by atoms with Gasteiger partial charge in [-0.1, -0.05) is 55.0 Å². The number of rotatable bonds is 2. The Bertz CT molecular complexity index is 422. The first-order chi connectivity index (χ1) is 6.77. The van der Waals surface area contributed by atoms with Crippen LogP contribution in [0.3, 0.4) is 0 Å². The minimum absolute atomic E-state index is 1.09. The Hall–Kier alpha value is -1.30. The van der Waals surface area contributed by atoms with Gasteiger partial charge in [0.05, 0.1) is 0 Å². The lowest BCUT2D eigenvalue weighted by molar-refractivity contribution is 1.23. The van der Waals surface area contributed by atoms with Crippen LogP contribution in [0.15, 0.2) is 30.4 Å². The van der Waals surface area contributed by atoms with E-state index >= 15 is 0 Å². The second-order valence-corrected chi connectivity index (χ2v) is 3.42. The van der Waals surface area contributed by atoms with E-state index in [4.69, 9.17) is 0 Å². The first-order valence-electron chi connectivity index (χ1n) is 5.17. The van der Waals surface area contributed by atoms with E-state index in [2.05, 4.69) is 63.3 Å². The predicted octanol–water partition coefficient (Wildman–Crippen LogP) is 2.54. The van der Waals surface area contributed by atoms with Crippen molar-refractivity contribution in [1.29, 1.82) is 0 Å². The summed E-state index contributed by atoms with van der Waals surface area (Å²) in [6.07, 6.45) is 9.70. The van der Waals surface area contributed by atoms with Gasteiger partial charge in [0.1, 0.15) is 0 Å². The number of hydrogen-bond donors (Lipinski definition) is 0. The SMILES string of the molecule is C/C=c1/ccc(C)c/c1=C/C=C/CC. The Balaban J connectivity index is 3.24. The lowest BCUT2D eigenvalue weighted by Crippen LogP contribution is -2.23. The molecule has 0 nitrogen and oxygen atoms in total. The van der Waals surface area contributed by atoms with Gasteiger partial charge in [-0.05, 0) is 30.7 Å². The third-order valence-corrected chi connectivity index (χ3v) is 2.20. The van der Waals surface area contributed by atoms with Crippen molar-refractivity contribution in [2.24, 2.45) is 0 Å². The molecular weight excluding hydrogens is 168 g/mol. The number of allylic oxidation sites excluding steroid dienone is 2. The zero-order valence-electron chi connectivity index (χ0n) is 9.25. The summed E-state index contributed by atoms with van der Waals surface area (Å²) in [6.45, 7) is 6.35. The smallest absolute Gasteiger partial charge is 0.0185 e. The van der Waals surface area contributed by atoms with Crippen molar-refractivity contribution >= 4 is 12.2 Å². The summed E-state index contributed by atoms with van der Waals surface area (Å²) >= 11 is 0. The minimum atomic E-state index is 1.09. The van der Waals surface area contributed by atoms with E-state index in [0.29, 0.717) is 0 Å². The van der Waals surface area contributed by atoms with Gasteiger partial charge in [0.15, 0.2) is 0 Å². The van der Waals surface area contributed by atoms with E-state index in [0.717, 1.165) is 6.42 Å². The maximum Gasteiger partial charge on any atom is -0.0185 e. The third-order valence-electron chi connectivity index (χ3n) is 2.20. The average Bonchev–Trinajstić information content (AvgIpc) is 2.19. The van der Waals surface area contributed by atoms with Crippen molar-refractivity contribution < 1.29 is 0 Å². The largest absolute Gasteiger partial charge is 0.0848 e. The molecule has 1 aromatic carbocycles. The van der Waals surface area contributed by atoms with Crippen LogP contribution in [0.2, 0.25) is 0 Å². The molecule has 0 saturated carbocycles. The fourth-order valence-electron chi connectivity index (χ4n) is 1.41. The number of benzene rings is 1. The van der Waals surface area contributed by atoms with Gasteiger partial charge in [-0.25, -0.2) is 0 Å². The van der Waals surface area contributed by atoms with E-state index in [9.17, 15) is 0 Å². The van der Waals surface area contributed by atoms with Crippen LogP contribution < -0.4 is 10.4 Å². The Morgan fingerprint density at radius 2 is 2.00 bits per heavy atom. The summed E-state index contributed by atoms with van der Waals surface area (Å²) in [5.74, 6) is 0. The van der Waals surface area contributed by atoms with Crippen molar-refractivity contribution in [2.45, 2.75) is 27.2 Å². The van der Waals surface area contributed by atoms with E-state index < -0.39 is 0 Å². The van der Waals surface area contributed by atoms with Crippen LogP contribution in [0.5, 0.6) is 0 Å². The summed E-state index contributed by atoms with van der Waals surface area (Å²) in [4.78, 5) is 0. The van der Waals surface area contributed by atoms with E-state index in [1.54, 1.807) is 0 Å². The molecule has 0 atom stereocenters. The van der Waals surface area contributed by atoms with Gasteiger partial charge in [-0.3, -0.25) is 0 Å². The second-order valence-electron chi connectivity index (χ2n) is 3.42. The van der Waals surface area contributed by atoms with Crippen LogP contribution in [0.1, 0.15) is 25.8 Å². The zero-order valence-corrected chi connectivity index (χ0v) is 9.25. The van der Waals surface area contributed by atoms with Crippen molar-refractivity contribution in [3.8, 4) is 0 Å². The highest BCUT2D eigenvalue weighted by Crippen LogP contribution is 1.87. The molecule has 0 aliphatic rings. The first-order valence-corrected chi connectivity index (χ1v) is 5.17. The summed E-state index contributed by atoms with van der Waals surface area (Å²) in [5, 5.41) is 2.61. The molecule has 0 radical (unpaired) electrons. The number of hydrogen-bond acceptors (Lipinski definition) is 0. The molecule has 14 heavy (non-hydrogen) atoms. The van der Waals surface area contributed by atoms with Crippen LogP contribution in [0, 0.1) is 6.92 Å². The highest BCUT2D eigenvalue weighted by molar-refractivity contribution is 5.40. The Kier molecular flexibility index (Phi) is 4.18. The van der Waals surface area contributed by atoms with E-state index in [1.165, 1.54) is 16.0 Å². The molecule has 0 unspecified atom stereocenters. The molecule has 0 saturated heterocycles. The Morgan fingerprint density at radius 3 is 2.64 bits per heavy atom. The van der Waals surface area contributed by atoms with Crippen LogP contribution in [-0.2, 0) is 0 Å². The van der Waals surface area contributed by atoms with Gasteiger partial charge in [-0.15, -0.1) is 0 Å². The van der Waals surface area contributed by atoms with E-state index in [-0.39, 0.29) is 0 Å². The maximum absolute atomic E-state index is 2.22. The molecule has 1 rings (SSSR count). The fraction of sp³-hybridized carbons (Fsp3) is 0.286. The lowest BCUT2D eigenvalue weighted by Gasteiger charge is -1.92. The molecule has 0 amide bonds. The molecule has 0 aliphatic heterocycles. The van der Waals surface area contributed by atoms with E-state index in [1.807, 2.05) is 0 Å². The maximum atomic E-state index is 2.22. The monoisotopic (exact) mass is 186 g/mol. The molecule has 0 spiro atoms. The molecule has 1 aromatic rings. The van der Waals surface area contributed by atoms with Crippen LogP contribution >= 0.6 is 0 Å². The minimum Gasteiger partial charge on any atom is -0.0848 e. The molecule has 0 heteroatoms. The second kappa shape index (κ2) is 5.43. The van der Waals surface area contributed by atoms with Gasteiger partial charge in [-0.2, -0.15) is 0 Å². The predicted molar refractivity (Wildman–Crippen MR) is 64.5 cm³/mol.